The number of hydrogen-bond acceptors (Lipinski definition) is 16. The lowest BCUT2D eigenvalue weighted by Gasteiger charge is -2.67. The van der Waals surface area contributed by atoms with Crippen LogP contribution in [0.15, 0.2) is 102 Å². The van der Waals surface area contributed by atoms with E-state index < -0.39 is 125 Å². The van der Waals surface area contributed by atoms with Crippen LogP contribution in [0.5, 0.6) is 0 Å². The van der Waals surface area contributed by atoms with E-state index >= 15 is 4.79 Å². The van der Waals surface area contributed by atoms with E-state index in [1.54, 1.807) is 92.7 Å². The summed E-state index contributed by atoms with van der Waals surface area (Å²) in [4.78, 5) is 98.1. The molecule has 3 fully saturated rings. The minimum absolute atomic E-state index is 0.0389. The third-order valence-corrected chi connectivity index (χ3v) is 14.0. The Labute approximate surface area is 387 Å². The topological polar surface area (TPSA) is 237 Å². The first-order chi connectivity index (χ1) is 31.7. The number of fused-ring (bicyclic) bond motifs is 5. The Hall–Kier alpha value is -6.27. The number of benzene rings is 3. The normalized spacial score (nSPS) is 30.3. The molecule has 17 heteroatoms. The molecule has 3 aromatic carbocycles. The van der Waals surface area contributed by atoms with Crippen LogP contribution in [0.2, 0.25) is 0 Å². The van der Waals surface area contributed by atoms with Crippen molar-refractivity contribution < 1.29 is 76.9 Å². The molecule has 2 saturated carbocycles. The maximum atomic E-state index is 16.0. The Kier molecular flexibility index (Phi) is 13.6. The zero-order valence-electron chi connectivity index (χ0n) is 38.2. The lowest BCUT2D eigenvalue weighted by Crippen LogP contribution is -2.82. The van der Waals surface area contributed by atoms with Crippen molar-refractivity contribution in [1.82, 2.24) is 5.32 Å². The maximum Gasteiger partial charge on any atom is 0.338 e. The van der Waals surface area contributed by atoms with Gasteiger partial charge in [0, 0.05) is 44.8 Å². The summed E-state index contributed by atoms with van der Waals surface area (Å²) in [5.41, 5.74) is -7.42. The molecule has 1 saturated heterocycles. The van der Waals surface area contributed by atoms with Crippen LogP contribution in [-0.4, -0.2) is 120 Å². The van der Waals surface area contributed by atoms with Crippen LogP contribution in [0.25, 0.3) is 0 Å². The lowest BCUT2D eigenvalue weighted by molar-refractivity contribution is -0.346. The van der Waals surface area contributed by atoms with Crippen molar-refractivity contribution in [2.75, 3.05) is 20.3 Å². The molecule has 0 radical (unpaired) electrons. The highest BCUT2D eigenvalue weighted by Gasteiger charge is 2.79. The minimum atomic E-state index is -2.46. The van der Waals surface area contributed by atoms with Gasteiger partial charge in [-0.3, -0.25) is 19.2 Å². The zero-order chi connectivity index (χ0) is 48.6. The van der Waals surface area contributed by atoms with E-state index in [-0.39, 0.29) is 35.3 Å². The van der Waals surface area contributed by atoms with Gasteiger partial charge in [-0.2, -0.15) is 0 Å². The number of ketones is 1. The smallest absolute Gasteiger partial charge is 0.338 e. The van der Waals surface area contributed by atoms with Crippen LogP contribution >= 0.6 is 0 Å². The van der Waals surface area contributed by atoms with E-state index in [2.05, 4.69) is 5.32 Å². The fourth-order valence-corrected chi connectivity index (χ4v) is 10.6. The molecule has 3 N–H and O–H groups in total. The first-order valence-corrected chi connectivity index (χ1v) is 21.9. The van der Waals surface area contributed by atoms with E-state index in [1.165, 1.54) is 33.1 Å². The Morgan fingerprint density at radius 2 is 1.42 bits per heavy atom. The number of aliphatic hydroxyl groups is 2. The molecule has 3 aromatic rings. The molecule has 11 atom stereocenters. The van der Waals surface area contributed by atoms with Gasteiger partial charge in [-0.25, -0.2) is 14.4 Å². The van der Waals surface area contributed by atoms with E-state index in [9.17, 15) is 39.0 Å². The highest BCUT2D eigenvalue weighted by Crippen LogP contribution is 2.65. The number of aliphatic hydroxyl groups excluding tert-OH is 1. The van der Waals surface area contributed by atoms with Crippen molar-refractivity contribution in [3.63, 3.8) is 0 Å². The second-order valence-corrected chi connectivity index (χ2v) is 18.2. The Morgan fingerprint density at radius 1 is 0.821 bits per heavy atom. The number of carbonyl (C=O) groups is 7. The van der Waals surface area contributed by atoms with Gasteiger partial charge in [0.2, 0.25) is 0 Å². The molecule has 1 heterocycles. The van der Waals surface area contributed by atoms with Crippen molar-refractivity contribution >= 4 is 41.5 Å². The van der Waals surface area contributed by atoms with Gasteiger partial charge in [-0.1, -0.05) is 80.6 Å². The number of rotatable bonds is 13. The average molecular weight is 926 g/mol. The third-order valence-electron chi connectivity index (χ3n) is 14.0. The number of hydrogen-bond donors (Lipinski definition) is 3. The van der Waals surface area contributed by atoms with E-state index in [0.29, 0.717) is 5.56 Å². The van der Waals surface area contributed by atoms with Crippen LogP contribution in [0.1, 0.15) is 86.7 Å². The number of amides is 1. The summed E-state index contributed by atoms with van der Waals surface area (Å²) in [5.74, 6) is -7.98. The average Bonchev–Trinajstić information content (AvgIpc) is 3.29. The molecule has 7 rings (SSSR count). The lowest BCUT2D eigenvalue weighted by atomic mass is 9.44. The summed E-state index contributed by atoms with van der Waals surface area (Å²) < 4.78 is 41.8. The molecule has 1 aliphatic heterocycles. The van der Waals surface area contributed by atoms with Crippen molar-refractivity contribution in [3.05, 3.63) is 119 Å². The fourth-order valence-electron chi connectivity index (χ4n) is 10.6. The number of esters is 5. The molecule has 2 bridgehead atoms. The van der Waals surface area contributed by atoms with Gasteiger partial charge in [0.25, 0.3) is 5.91 Å². The van der Waals surface area contributed by atoms with Gasteiger partial charge in [0.1, 0.15) is 36.6 Å². The molecule has 17 nitrogen and oxygen atoms in total. The van der Waals surface area contributed by atoms with Crippen molar-refractivity contribution in [3.8, 4) is 0 Å². The van der Waals surface area contributed by atoms with Gasteiger partial charge in [0.05, 0.1) is 29.5 Å². The van der Waals surface area contributed by atoms with Gasteiger partial charge in [0.15, 0.2) is 23.6 Å². The first kappa shape index (κ1) is 48.7. The van der Waals surface area contributed by atoms with Crippen molar-refractivity contribution in [1.29, 1.82) is 0 Å². The van der Waals surface area contributed by atoms with Crippen LogP contribution in [-0.2, 0) is 57.1 Å². The van der Waals surface area contributed by atoms with Crippen molar-refractivity contribution in [2.45, 2.75) is 108 Å². The molecular formula is C50H55NO16. The first-order valence-electron chi connectivity index (χ1n) is 21.9. The molecule has 0 spiro atoms. The Balaban J connectivity index is 1.42. The summed E-state index contributed by atoms with van der Waals surface area (Å²) in [7, 11) is 1.27. The quantitative estimate of drug-likeness (QED) is 0.125. The van der Waals surface area contributed by atoms with Gasteiger partial charge < -0.3 is 48.7 Å². The second kappa shape index (κ2) is 18.8. The van der Waals surface area contributed by atoms with Gasteiger partial charge in [-0.05, 0) is 54.8 Å². The predicted octanol–water partition coefficient (Wildman–Crippen LogP) is 3.93. The number of ether oxygens (including phenoxy) is 7. The van der Waals surface area contributed by atoms with Gasteiger partial charge >= 0.3 is 29.8 Å². The maximum absolute atomic E-state index is 16.0. The predicted molar refractivity (Wildman–Crippen MR) is 233 cm³/mol. The largest absolute Gasteiger partial charge is 0.459 e. The molecular weight excluding hydrogens is 871 g/mol. The van der Waals surface area contributed by atoms with E-state index in [4.69, 9.17) is 33.2 Å². The van der Waals surface area contributed by atoms with Crippen molar-refractivity contribution in [2.24, 2.45) is 16.7 Å². The molecule has 4 aliphatic rings. The van der Waals surface area contributed by atoms with Crippen LogP contribution in [0.4, 0.5) is 0 Å². The van der Waals surface area contributed by atoms with Crippen LogP contribution in [0.3, 0.4) is 0 Å². The Bertz CT molecular complexity index is 2440. The second-order valence-electron chi connectivity index (χ2n) is 18.2. The summed E-state index contributed by atoms with van der Waals surface area (Å²) in [6, 6.07) is 22.8. The van der Waals surface area contributed by atoms with Gasteiger partial charge in [-0.15, -0.1) is 0 Å². The molecule has 3 aliphatic carbocycles. The summed E-state index contributed by atoms with van der Waals surface area (Å²) in [5, 5.41) is 28.5. The monoisotopic (exact) mass is 925 g/mol. The number of carbonyl (C=O) groups excluding carboxylic acids is 7. The highest BCUT2D eigenvalue weighted by molar-refractivity contribution is 5.96. The zero-order valence-corrected chi connectivity index (χ0v) is 38.2. The molecule has 1 amide bonds. The van der Waals surface area contributed by atoms with E-state index in [1.807, 2.05) is 0 Å². The number of nitrogens with one attached hydrogen (secondary N) is 1. The molecule has 67 heavy (non-hydrogen) atoms. The Morgan fingerprint density at radius 3 is 1.97 bits per heavy atom. The summed E-state index contributed by atoms with van der Waals surface area (Å²) in [6.07, 6.45) is -10.7. The number of methoxy groups -OCH3 is 1. The molecule has 356 valence electrons. The third kappa shape index (κ3) is 8.65. The SMILES string of the molecule is COCC(=O)O[C@H]1C[C@H]2OC[C@@]2(OC(C)=O)[C@H]2[C@H](OC(=O)c3ccccc3)[C@]3(O)C[C@H](OC(=O)[C@H](O)[C@@H](NC(=O)c4ccccc4)c4ccccc4)C(C)=C([C@@H](OC(C)=O)C(=O)[C@]12C)C3(C)C. The summed E-state index contributed by atoms with van der Waals surface area (Å²) in [6.45, 7) is 7.33. The standard InChI is InChI=1S/C50H55NO16/c1-27-33(64-46(59)39(55)38(30-17-11-8-12-18-30)51-44(57)31-19-13-9-14-20-31)24-50(60)43(66-45(58)32-21-15-10-16-22-32)41-48(6,42(56)40(63-28(2)52)37(27)47(50,4)5)34(65-36(54)25-61-7)23-35-49(41,26-62-35)67-29(3)53/h8-22,33-35,38-41,43,55,60H,23-26H2,1-7H3,(H,51,57)/t33-,34-,35+,38-,39+,40+,41-,43-,48+,49-,50+/m0/s1. The van der Waals surface area contributed by atoms with Crippen LogP contribution in [0, 0.1) is 16.7 Å². The molecule has 0 aromatic heterocycles. The fraction of sp³-hybridized carbons (Fsp3) is 0.460. The highest BCUT2D eigenvalue weighted by atomic mass is 16.6. The number of Topliss-reactive ketones (excluding diaryl/α,β-unsaturated/α-hetero) is 1. The van der Waals surface area contributed by atoms with E-state index in [0.717, 1.165) is 13.8 Å². The molecule has 0 unspecified atom stereocenters. The minimum Gasteiger partial charge on any atom is -0.459 e. The van der Waals surface area contributed by atoms with Crippen LogP contribution < -0.4 is 5.32 Å². The summed E-state index contributed by atoms with van der Waals surface area (Å²) >= 11 is 0.